The average Bonchev–Trinajstić information content (AvgIpc) is 2.82. The monoisotopic (exact) mass is 271 g/mol. The van der Waals surface area contributed by atoms with Crippen molar-refractivity contribution >= 4 is 17.6 Å². The van der Waals surface area contributed by atoms with Gasteiger partial charge in [-0.25, -0.2) is 9.97 Å². The third-order valence-electron chi connectivity index (χ3n) is 3.59. The molecule has 0 fully saturated rings. The number of aromatic nitrogens is 2. The number of fused-ring (bicyclic) bond motifs is 1. The summed E-state index contributed by atoms with van der Waals surface area (Å²) in [5.74, 6) is 3.41. The van der Waals surface area contributed by atoms with Crippen LogP contribution in [0.5, 0.6) is 0 Å². The number of rotatable bonds is 2. The van der Waals surface area contributed by atoms with E-state index < -0.39 is 0 Å². The Kier molecular flexibility index (Phi) is 3.19. The summed E-state index contributed by atoms with van der Waals surface area (Å²) in [5, 5.41) is 0. The van der Waals surface area contributed by atoms with Crippen molar-refractivity contribution in [1.29, 1.82) is 0 Å². The summed E-state index contributed by atoms with van der Waals surface area (Å²) in [6.45, 7) is 4.26. The first-order chi connectivity index (χ1) is 9.13. The van der Waals surface area contributed by atoms with Crippen molar-refractivity contribution in [3.8, 4) is 0 Å². The summed E-state index contributed by atoms with van der Waals surface area (Å²) in [6.07, 6.45) is 0.753. The Hall–Kier alpha value is -1.55. The van der Waals surface area contributed by atoms with Crippen LogP contribution in [0.1, 0.15) is 33.8 Å². The summed E-state index contributed by atoms with van der Waals surface area (Å²) in [6, 6.07) is 6.50. The molecular weight excluding hydrogens is 254 g/mol. The zero-order chi connectivity index (χ0) is 13.4. The zero-order valence-corrected chi connectivity index (χ0v) is 12.0. The van der Waals surface area contributed by atoms with Gasteiger partial charge in [0, 0.05) is 23.5 Å². The zero-order valence-electron chi connectivity index (χ0n) is 11.2. The van der Waals surface area contributed by atoms with Crippen LogP contribution in [0.2, 0.25) is 0 Å². The van der Waals surface area contributed by atoms with E-state index >= 15 is 0 Å². The molecule has 19 heavy (non-hydrogen) atoms. The van der Waals surface area contributed by atoms with Gasteiger partial charge in [0.15, 0.2) is 0 Å². The minimum atomic E-state index is 0.661. The van der Waals surface area contributed by atoms with Crippen molar-refractivity contribution in [2.45, 2.75) is 31.8 Å². The van der Waals surface area contributed by atoms with Gasteiger partial charge in [-0.15, -0.1) is 0 Å². The van der Waals surface area contributed by atoms with Crippen LogP contribution in [0.25, 0.3) is 0 Å². The fourth-order valence-corrected chi connectivity index (χ4v) is 3.36. The van der Waals surface area contributed by atoms with Gasteiger partial charge in [-0.05, 0) is 30.5 Å². The van der Waals surface area contributed by atoms with Gasteiger partial charge in [-0.1, -0.05) is 18.2 Å². The van der Waals surface area contributed by atoms with Crippen molar-refractivity contribution in [3.05, 3.63) is 52.0 Å². The van der Waals surface area contributed by atoms with Crippen molar-refractivity contribution in [1.82, 2.24) is 9.97 Å². The van der Waals surface area contributed by atoms with E-state index in [1.54, 1.807) is 0 Å². The average molecular weight is 271 g/mol. The van der Waals surface area contributed by atoms with Crippen molar-refractivity contribution in [3.63, 3.8) is 0 Å². The molecule has 0 unspecified atom stereocenters. The molecule has 0 saturated heterocycles. The van der Waals surface area contributed by atoms with Crippen LogP contribution >= 0.6 is 11.8 Å². The number of aryl methyl sites for hydroxylation is 2. The maximum absolute atomic E-state index is 6.02. The van der Waals surface area contributed by atoms with E-state index in [1.807, 2.05) is 11.8 Å². The molecule has 4 heteroatoms. The Balaban J connectivity index is 1.91. The third-order valence-corrected chi connectivity index (χ3v) is 4.56. The van der Waals surface area contributed by atoms with Gasteiger partial charge in [0.05, 0.1) is 5.69 Å². The normalized spacial score (nSPS) is 13.6. The van der Waals surface area contributed by atoms with Gasteiger partial charge in [-0.2, -0.15) is 11.8 Å². The van der Waals surface area contributed by atoms with E-state index in [0.717, 1.165) is 35.0 Å². The van der Waals surface area contributed by atoms with Crippen LogP contribution in [0.3, 0.4) is 0 Å². The van der Waals surface area contributed by atoms with E-state index in [2.05, 4.69) is 42.0 Å². The van der Waals surface area contributed by atoms with Crippen molar-refractivity contribution in [2.24, 2.45) is 0 Å². The van der Waals surface area contributed by atoms with Crippen LogP contribution in [0.4, 0.5) is 5.82 Å². The highest BCUT2D eigenvalue weighted by Gasteiger charge is 2.18. The molecule has 0 spiro atoms. The Labute approximate surface area is 117 Å². The number of hydrogen-bond acceptors (Lipinski definition) is 4. The second-order valence-corrected chi connectivity index (χ2v) is 6.02. The number of nitrogens with two attached hydrogens (primary N) is 1. The van der Waals surface area contributed by atoms with Gasteiger partial charge in [0.25, 0.3) is 0 Å². The lowest BCUT2D eigenvalue weighted by Gasteiger charge is -2.07. The minimum Gasteiger partial charge on any atom is -0.383 e. The maximum atomic E-state index is 6.02. The third kappa shape index (κ3) is 2.45. The number of nitrogens with zero attached hydrogens (tertiary/aromatic N) is 2. The summed E-state index contributed by atoms with van der Waals surface area (Å²) < 4.78 is 0. The molecule has 0 atom stereocenters. The molecule has 2 heterocycles. The summed E-state index contributed by atoms with van der Waals surface area (Å²) in [4.78, 5) is 9.10. The highest BCUT2D eigenvalue weighted by atomic mass is 32.2. The molecule has 0 bridgehead atoms. The van der Waals surface area contributed by atoms with Crippen LogP contribution in [-0.4, -0.2) is 9.97 Å². The van der Waals surface area contributed by atoms with Gasteiger partial charge in [0.2, 0.25) is 0 Å². The molecule has 3 nitrogen and oxygen atoms in total. The number of anilines is 1. The summed E-state index contributed by atoms with van der Waals surface area (Å²) >= 11 is 1.85. The number of thioether (sulfide) groups is 1. The Bertz CT molecular complexity index is 638. The van der Waals surface area contributed by atoms with E-state index in [1.165, 1.54) is 16.7 Å². The quantitative estimate of drug-likeness (QED) is 0.912. The van der Waals surface area contributed by atoms with E-state index in [-0.39, 0.29) is 0 Å². The summed E-state index contributed by atoms with van der Waals surface area (Å²) in [5.41, 5.74) is 12.1. The topological polar surface area (TPSA) is 51.8 Å². The van der Waals surface area contributed by atoms with Crippen molar-refractivity contribution < 1.29 is 0 Å². The first kappa shape index (κ1) is 12.5. The number of benzene rings is 1. The first-order valence-electron chi connectivity index (χ1n) is 6.41. The molecule has 0 aliphatic carbocycles. The SMILES string of the molecule is Cc1ccc(Cc2nc(N)c3c(n2)CSC3)cc1C. The minimum absolute atomic E-state index is 0.661. The lowest BCUT2D eigenvalue weighted by atomic mass is 10.0. The molecule has 1 aliphatic heterocycles. The highest BCUT2D eigenvalue weighted by molar-refractivity contribution is 7.98. The smallest absolute Gasteiger partial charge is 0.135 e. The van der Waals surface area contributed by atoms with Crippen LogP contribution in [0.15, 0.2) is 18.2 Å². The van der Waals surface area contributed by atoms with Crippen molar-refractivity contribution in [2.75, 3.05) is 5.73 Å². The van der Waals surface area contributed by atoms with Gasteiger partial charge in [-0.3, -0.25) is 0 Å². The van der Waals surface area contributed by atoms with E-state index in [9.17, 15) is 0 Å². The lowest BCUT2D eigenvalue weighted by Crippen LogP contribution is -2.06. The lowest BCUT2D eigenvalue weighted by molar-refractivity contribution is 0.933. The van der Waals surface area contributed by atoms with Gasteiger partial charge < -0.3 is 5.73 Å². The predicted octanol–water partition coefficient (Wildman–Crippen LogP) is 3.01. The second-order valence-electron chi connectivity index (χ2n) is 5.04. The van der Waals surface area contributed by atoms with E-state index in [0.29, 0.717) is 5.82 Å². The highest BCUT2D eigenvalue weighted by Crippen LogP contribution is 2.31. The van der Waals surface area contributed by atoms with Gasteiger partial charge in [0.1, 0.15) is 11.6 Å². The molecular formula is C15H17N3S. The molecule has 0 radical (unpaired) electrons. The van der Waals surface area contributed by atoms with E-state index in [4.69, 9.17) is 5.73 Å². The molecule has 3 rings (SSSR count). The molecule has 1 aromatic carbocycles. The first-order valence-corrected chi connectivity index (χ1v) is 7.57. The molecule has 0 saturated carbocycles. The fourth-order valence-electron chi connectivity index (χ4n) is 2.30. The number of hydrogen-bond donors (Lipinski definition) is 1. The molecule has 1 aromatic heterocycles. The predicted molar refractivity (Wildman–Crippen MR) is 80.2 cm³/mol. The van der Waals surface area contributed by atoms with Crippen LogP contribution in [-0.2, 0) is 17.9 Å². The number of nitrogen functional groups attached to an aromatic ring is 1. The van der Waals surface area contributed by atoms with Gasteiger partial charge >= 0.3 is 0 Å². The van der Waals surface area contributed by atoms with Crippen LogP contribution in [0, 0.1) is 13.8 Å². The summed E-state index contributed by atoms with van der Waals surface area (Å²) in [7, 11) is 0. The second kappa shape index (κ2) is 4.85. The largest absolute Gasteiger partial charge is 0.383 e. The molecule has 1 aliphatic rings. The molecule has 2 N–H and O–H groups in total. The molecule has 0 amide bonds. The maximum Gasteiger partial charge on any atom is 0.135 e. The van der Waals surface area contributed by atoms with Crippen LogP contribution < -0.4 is 5.73 Å². The standard InChI is InChI=1S/C15H17N3S/c1-9-3-4-11(5-10(9)2)6-14-17-13-8-19-7-12(13)15(16)18-14/h3-5H,6-8H2,1-2H3,(H2,16,17,18). The fraction of sp³-hybridized carbons (Fsp3) is 0.333. The molecule has 2 aromatic rings. The molecule has 98 valence electrons. The Morgan fingerprint density at radius 3 is 2.79 bits per heavy atom. The Morgan fingerprint density at radius 1 is 1.16 bits per heavy atom. The Morgan fingerprint density at radius 2 is 2.00 bits per heavy atom.